The van der Waals surface area contributed by atoms with Crippen LogP contribution in [-0.2, 0) is 14.4 Å². The van der Waals surface area contributed by atoms with Gasteiger partial charge in [-0.15, -0.1) is 0 Å². The maximum atomic E-state index is 12.5. The molecular weight excluding hydrogens is 302 g/mol. The Morgan fingerprint density at radius 1 is 1.35 bits per heavy atom. The molecule has 1 amide bonds. The smallest absolute Gasteiger partial charge is 0.306 e. The molecule has 0 saturated carbocycles. The van der Waals surface area contributed by atoms with Crippen LogP contribution in [0.3, 0.4) is 0 Å². The van der Waals surface area contributed by atoms with Gasteiger partial charge in [0.15, 0.2) is 11.5 Å². The lowest BCUT2D eigenvalue weighted by atomic mass is 9.92. The van der Waals surface area contributed by atoms with Gasteiger partial charge < -0.3 is 14.2 Å². The van der Waals surface area contributed by atoms with Gasteiger partial charge in [0.2, 0.25) is 0 Å². The number of ether oxygens (including phenoxy) is 3. The molecule has 1 unspecified atom stereocenters. The number of carbonyl (C=O) groups is 2. The minimum atomic E-state index is -0.324. The number of fused-ring (bicyclic) bond motifs is 1. The average Bonchev–Trinajstić information content (AvgIpc) is 2.96. The number of hydrogen-bond donors (Lipinski definition) is 0. The van der Waals surface area contributed by atoms with E-state index in [0.717, 1.165) is 5.06 Å². The molecular formula is C16H21NO6. The Balaban J connectivity index is 2.41. The summed E-state index contributed by atoms with van der Waals surface area (Å²) in [6.45, 7) is 2.36. The van der Waals surface area contributed by atoms with Crippen LogP contribution >= 0.6 is 0 Å². The zero-order valence-corrected chi connectivity index (χ0v) is 13.8. The second-order valence-electron chi connectivity index (χ2n) is 5.06. The van der Waals surface area contributed by atoms with Gasteiger partial charge in [0.05, 0.1) is 33.9 Å². The van der Waals surface area contributed by atoms with Crippen LogP contribution < -0.4 is 9.47 Å². The molecule has 0 bridgehead atoms. The van der Waals surface area contributed by atoms with Crippen molar-refractivity contribution in [2.45, 2.75) is 19.3 Å². The lowest BCUT2D eigenvalue weighted by Crippen LogP contribution is -2.27. The molecule has 7 heteroatoms. The number of rotatable bonds is 6. The fourth-order valence-corrected chi connectivity index (χ4v) is 2.58. The third kappa shape index (κ3) is 3.39. The highest BCUT2D eigenvalue weighted by Crippen LogP contribution is 2.45. The molecule has 126 valence electrons. The third-order valence-electron chi connectivity index (χ3n) is 3.73. The summed E-state index contributed by atoms with van der Waals surface area (Å²) >= 11 is 0. The molecule has 2 rings (SSSR count). The molecule has 1 atom stereocenters. The van der Waals surface area contributed by atoms with E-state index in [4.69, 9.17) is 19.0 Å². The first kappa shape index (κ1) is 17.1. The second-order valence-corrected chi connectivity index (χ2v) is 5.06. The number of methoxy groups -OCH3 is 1. The standard InChI is InChI=1S/C16H21NO6/c1-5-22-13(18)8-10-9-23-15-12(20-3)7-6-11(14(10)15)16(19)17(2)21-4/h6-7,10H,5,8-9H2,1-4H3. The number of carbonyl (C=O) groups excluding carboxylic acids is 2. The predicted octanol–water partition coefficient (Wildman–Crippen LogP) is 1.76. The van der Waals surface area contributed by atoms with Crippen molar-refractivity contribution in [2.75, 3.05) is 34.5 Å². The molecule has 23 heavy (non-hydrogen) atoms. The number of benzene rings is 1. The summed E-state index contributed by atoms with van der Waals surface area (Å²) in [4.78, 5) is 29.2. The summed E-state index contributed by atoms with van der Waals surface area (Å²) in [5.74, 6) is 0.129. The minimum Gasteiger partial charge on any atom is -0.493 e. The summed E-state index contributed by atoms with van der Waals surface area (Å²) < 4.78 is 16.0. The Morgan fingerprint density at radius 2 is 2.09 bits per heavy atom. The summed E-state index contributed by atoms with van der Waals surface area (Å²) in [6, 6.07) is 3.32. The van der Waals surface area contributed by atoms with Crippen LogP contribution in [0.2, 0.25) is 0 Å². The molecule has 0 radical (unpaired) electrons. The van der Waals surface area contributed by atoms with E-state index in [1.165, 1.54) is 21.3 Å². The molecule has 1 aromatic rings. The SMILES string of the molecule is CCOC(=O)CC1COc2c(OC)ccc(C(=O)N(C)OC)c21. The quantitative estimate of drug-likeness (QED) is 0.586. The van der Waals surface area contributed by atoms with Gasteiger partial charge in [-0.05, 0) is 19.1 Å². The van der Waals surface area contributed by atoms with Gasteiger partial charge in [0, 0.05) is 24.1 Å². The topological polar surface area (TPSA) is 74.3 Å². The molecule has 1 aliphatic heterocycles. The van der Waals surface area contributed by atoms with Crippen molar-refractivity contribution in [1.82, 2.24) is 5.06 Å². The normalized spacial score (nSPS) is 15.6. The Labute approximate surface area is 135 Å². The van der Waals surface area contributed by atoms with Gasteiger partial charge in [0.1, 0.15) is 0 Å². The zero-order valence-electron chi connectivity index (χ0n) is 13.8. The minimum absolute atomic E-state index is 0.144. The van der Waals surface area contributed by atoms with Gasteiger partial charge in [0.25, 0.3) is 5.91 Å². The molecule has 7 nitrogen and oxygen atoms in total. The average molecular weight is 323 g/mol. The lowest BCUT2D eigenvalue weighted by Gasteiger charge is -2.18. The molecule has 0 fully saturated rings. The monoisotopic (exact) mass is 323 g/mol. The Hall–Kier alpha value is -2.28. The van der Waals surface area contributed by atoms with Crippen LogP contribution in [0.25, 0.3) is 0 Å². The molecule has 0 aromatic heterocycles. The Bertz CT molecular complexity index is 600. The van der Waals surface area contributed by atoms with E-state index in [1.54, 1.807) is 19.1 Å². The van der Waals surface area contributed by atoms with Gasteiger partial charge >= 0.3 is 5.97 Å². The highest BCUT2D eigenvalue weighted by atomic mass is 16.7. The highest BCUT2D eigenvalue weighted by Gasteiger charge is 2.34. The number of hydrogen-bond acceptors (Lipinski definition) is 6. The van der Waals surface area contributed by atoms with Crippen molar-refractivity contribution < 1.29 is 28.6 Å². The largest absolute Gasteiger partial charge is 0.493 e. The fraction of sp³-hybridized carbons (Fsp3) is 0.500. The van der Waals surface area contributed by atoms with Crippen molar-refractivity contribution >= 4 is 11.9 Å². The van der Waals surface area contributed by atoms with Crippen LogP contribution in [0, 0.1) is 0 Å². The van der Waals surface area contributed by atoms with E-state index in [-0.39, 0.29) is 24.2 Å². The second kappa shape index (κ2) is 7.32. The van der Waals surface area contributed by atoms with E-state index in [2.05, 4.69) is 0 Å². The number of esters is 1. The van der Waals surface area contributed by atoms with Gasteiger partial charge in [-0.3, -0.25) is 14.4 Å². The fourth-order valence-electron chi connectivity index (χ4n) is 2.58. The van der Waals surface area contributed by atoms with E-state index >= 15 is 0 Å². The van der Waals surface area contributed by atoms with Gasteiger partial charge in [-0.1, -0.05) is 0 Å². The summed E-state index contributed by atoms with van der Waals surface area (Å²) in [5.41, 5.74) is 1.09. The highest BCUT2D eigenvalue weighted by molar-refractivity contribution is 5.96. The molecule has 0 aliphatic carbocycles. The van der Waals surface area contributed by atoms with E-state index in [9.17, 15) is 9.59 Å². The van der Waals surface area contributed by atoms with E-state index in [1.807, 2.05) is 0 Å². The van der Waals surface area contributed by atoms with Gasteiger partial charge in [-0.25, -0.2) is 5.06 Å². The van der Waals surface area contributed by atoms with Crippen molar-refractivity contribution in [3.8, 4) is 11.5 Å². The van der Waals surface area contributed by atoms with Crippen LogP contribution in [0.1, 0.15) is 35.2 Å². The molecule has 1 aromatic carbocycles. The first-order valence-corrected chi connectivity index (χ1v) is 7.34. The predicted molar refractivity (Wildman–Crippen MR) is 81.6 cm³/mol. The maximum Gasteiger partial charge on any atom is 0.306 e. The Kier molecular flexibility index (Phi) is 5.44. The first-order chi connectivity index (χ1) is 11.0. The van der Waals surface area contributed by atoms with Crippen LogP contribution in [-0.4, -0.2) is 51.4 Å². The molecule has 1 aliphatic rings. The number of hydroxylamine groups is 2. The Morgan fingerprint density at radius 3 is 2.70 bits per heavy atom. The lowest BCUT2D eigenvalue weighted by molar-refractivity contribution is -0.143. The van der Waals surface area contributed by atoms with Crippen molar-refractivity contribution in [1.29, 1.82) is 0 Å². The van der Waals surface area contributed by atoms with Crippen LogP contribution in [0.15, 0.2) is 12.1 Å². The number of nitrogens with zero attached hydrogens (tertiary/aromatic N) is 1. The summed E-state index contributed by atoms with van der Waals surface area (Å²) in [7, 11) is 4.46. The molecule has 0 spiro atoms. The maximum absolute atomic E-state index is 12.5. The van der Waals surface area contributed by atoms with E-state index in [0.29, 0.717) is 35.8 Å². The molecule has 1 heterocycles. The first-order valence-electron chi connectivity index (χ1n) is 7.34. The van der Waals surface area contributed by atoms with Crippen molar-refractivity contribution in [2.24, 2.45) is 0 Å². The van der Waals surface area contributed by atoms with Crippen LogP contribution in [0.4, 0.5) is 0 Å². The summed E-state index contributed by atoms with van der Waals surface area (Å²) in [5, 5.41) is 1.13. The zero-order chi connectivity index (χ0) is 17.0. The molecule has 0 saturated heterocycles. The summed E-state index contributed by atoms with van der Waals surface area (Å²) in [6.07, 6.45) is 0.144. The van der Waals surface area contributed by atoms with E-state index < -0.39 is 0 Å². The van der Waals surface area contributed by atoms with Gasteiger partial charge in [-0.2, -0.15) is 0 Å². The number of amides is 1. The van der Waals surface area contributed by atoms with Crippen molar-refractivity contribution in [3.05, 3.63) is 23.3 Å². The third-order valence-corrected chi connectivity index (χ3v) is 3.73. The van der Waals surface area contributed by atoms with Crippen LogP contribution in [0.5, 0.6) is 11.5 Å². The van der Waals surface area contributed by atoms with Crippen molar-refractivity contribution in [3.63, 3.8) is 0 Å². The molecule has 0 N–H and O–H groups in total.